The summed E-state index contributed by atoms with van der Waals surface area (Å²) in [4.78, 5) is 16.7. The lowest BCUT2D eigenvalue weighted by Crippen LogP contribution is -2.10. The quantitative estimate of drug-likeness (QED) is 0.759. The summed E-state index contributed by atoms with van der Waals surface area (Å²) in [5, 5.41) is 0. The van der Waals surface area contributed by atoms with Crippen LogP contribution in [0.4, 0.5) is 0 Å². The van der Waals surface area contributed by atoms with Gasteiger partial charge in [0.2, 0.25) is 0 Å². The molecule has 0 saturated carbocycles. The summed E-state index contributed by atoms with van der Waals surface area (Å²) in [5.41, 5.74) is 2.77. The van der Waals surface area contributed by atoms with Crippen LogP contribution >= 0.6 is 15.9 Å². The predicted molar refractivity (Wildman–Crippen MR) is 65.3 cm³/mol. The molecule has 0 fully saturated rings. The van der Waals surface area contributed by atoms with E-state index in [-0.39, 0.29) is 11.1 Å². The molecule has 80 valence electrons. The maximum atomic E-state index is 11.2. The molecule has 1 heterocycles. The molecule has 0 saturated heterocycles. The van der Waals surface area contributed by atoms with Gasteiger partial charge in [-0.1, -0.05) is 20.8 Å². The van der Waals surface area contributed by atoms with Crippen LogP contribution in [0.5, 0.6) is 0 Å². The zero-order chi connectivity index (χ0) is 11.2. The molecule has 0 unspecified atom stereocenters. The van der Waals surface area contributed by atoms with Crippen LogP contribution in [-0.4, -0.2) is 9.97 Å². The van der Waals surface area contributed by atoms with Crippen molar-refractivity contribution in [1.29, 1.82) is 0 Å². The normalized spacial score (nSPS) is 12.3. The largest absolute Gasteiger partial charge is 0.323 e. The molecule has 1 aromatic heterocycles. The molecule has 0 spiro atoms. The number of hydrogen-bond donors (Lipinski definition) is 2. The Labute approximate surface area is 96.0 Å². The molecule has 4 heteroatoms. The second-order valence-electron chi connectivity index (χ2n) is 4.71. The number of hydrogen-bond acceptors (Lipinski definition) is 1. The van der Waals surface area contributed by atoms with Crippen molar-refractivity contribution in [2.45, 2.75) is 26.2 Å². The number of H-pyrrole nitrogens is 2. The van der Waals surface area contributed by atoms with Crippen LogP contribution in [0.15, 0.2) is 21.4 Å². The van der Waals surface area contributed by atoms with Crippen molar-refractivity contribution in [3.8, 4) is 0 Å². The molecule has 15 heavy (non-hydrogen) atoms. The van der Waals surface area contributed by atoms with Gasteiger partial charge in [0, 0.05) is 4.47 Å². The van der Waals surface area contributed by atoms with E-state index in [1.54, 1.807) is 0 Å². The molecule has 3 nitrogen and oxygen atoms in total. The lowest BCUT2D eigenvalue weighted by atomic mass is 9.87. The summed E-state index contributed by atoms with van der Waals surface area (Å²) in [7, 11) is 0. The van der Waals surface area contributed by atoms with Crippen molar-refractivity contribution in [3.63, 3.8) is 0 Å². The van der Waals surface area contributed by atoms with Gasteiger partial charge < -0.3 is 9.97 Å². The number of nitrogens with one attached hydrogen (secondary N) is 2. The van der Waals surface area contributed by atoms with Crippen LogP contribution in [0, 0.1) is 0 Å². The molecule has 2 N–H and O–H groups in total. The highest BCUT2D eigenvalue weighted by Crippen LogP contribution is 2.29. The molecule has 0 atom stereocenters. The maximum Gasteiger partial charge on any atom is 0.323 e. The molecule has 0 aliphatic rings. The molecule has 0 amide bonds. The molecule has 0 aliphatic carbocycles. The van der Waals surface area contributed by atoms with Crippen molar-refractivity contribution in [2.75, 3.05) is 0 Å². The Kier molecular flexibility index (Phi) is 2.26. The highest BCUT2D eigenvalue weighted by Gasteiger charge is 2.16. The zero-order valence-electron chi connectivity index (χ0n) is 8.94. The van der Waals surface area contributed by atoms with Crippen molar-refractivity contribution < 1.29 is 0 Å². The van der Waals surface area contributed by atoms with Crippen LogP contribution < -0.4 is 5.69 Å². The number of rotatable bonds is 0. The molecule has 2 aromatic rings. The van der Waals surface area contributed by atoms with Crippen molar-refractivity contribution in [1.82, 2.24) is 9.97 Å². The fourth-order valence-corrected chi connectivity index (χ4v) is 2.09. The van der Waals surface area contributed by atoms with Gasteiger partial charge in [0.15, 0.2) is 0 Å². The number of aromatic amines is 2. The van der Waals surface area contributed by atoms with Gasteiger partial charge in [0.1, 0.15) is 0 Å². The summed E-state index contributed by atoms with van der Waals surface area (Å²) in [6.45, 7) is 6.43. The second-order valence-corrected chi connectivity index (χ2v) is 5.56. The minimum absolute atomic E-state index is 0.0743. The van der Waals surface area contributed by atoms with Gasteiger partial charge >= 0.3 is 5.69 Å². The SMILES string of the molecule is CC(C)(C)c1cc(Br)c2[nH]c(=O)[nH]c2c1. The van der Waals surface area contributed by atoms with Crippen LogP contribution in [0.2, 0.25) is 0 Å². The summed E-state index contributed by atoms with van der Waals surface area (Å²) in [5.74, 6) is 0. The Morgan fingerprint density at radius 1 is 1.20 bits per heavy atom. The van der Waals surface area contributed by atoms with Crippen LogP contribution in [0.1, 0.15) is 26.3 Å². The van der Waals surface area contributed by atoms with Gasteiger partial charge in [-0.2, -0.15) is 0 Å². The Hall–Kier alpha value is -1.03. The fourth-order valence-electron chi connectivity index (χ4n) is 1.53. The first kappa shape index (κ1) is 10.5. The van der Waals surface area contributed by atoms with Crippen LogP contribution in [0.3, 0.4) is 0 Å². The Balaban J connectivity index is 2.78. The third-order valence-electron chi connectivity index (χ3n) is 2.44. The predicted octanol–water partition coefficient (Wildman–Crippen LogP) is 2.92. The minimum Gasteiger partial charge on any atom is -0.306 e. The van der Waals surface area contributed by atoms with E-state index in [9.17, 15) is 4.79 Å². The molecule has 2 rings (SSSR count). The van der Waals surface area contributed by atoms with E-state index in [0.29, 0.717) is 0 Å². The lowest BCUT2D eigenvalue weighted by Gasteiger charge is -2.19. The van der Waals surface area contributed by atoms with E-state index in [1.165, 1.54) is 5.56 Å². The molecule has 0 radical (unpaired) electrons. The summed E-state index contributed by atoms with van der Waals surface area (Å²) in [6.07, 6.45) is 0. The summed E-state index contributed by atoms with van der Waals surface area (Å²) in [6, 6.07) is 4.06. The van der Waals surface area contributed by atoms with Gasteiger partial charge in [-0.25, -0.2) is 4.79 Å². The van der Waals surface area contributed by atoms with Crippen molar-refractivity contribution >= 4 is 27.0 Å². The smallest absolute Gasteiger partial charge is 0.306 e. The monoisotopic (exact) mass is 268 g/mol. The summed E-state index contributed by atoms with van der Waals surface area (Å²) >= 11 is 3.46. The second kappa shape index (κ2) is 3.23. The number of aromatic nitrogens is 2. The third kappa shape index (κ3) is 1.86. The summed E-state index contributed by atoms with van der Waals surface area (Å²) < 4.78 is 0.920. The third-order valence-corrected chi connectivity index (χ3v) is 3.07. The Morgan fingerprint density at radius 3 is 2.47 bits per heavy atom. The number of halogens is 1. The van der Waals surface area contributed by atoms with E-state index in [4.69, 9.17) is 0 Å². The van der Waals surface area contributed by atoms with Crippen LogP contribution in [-0.2, 0) is 5.41 Å². The van der Waals surface area contributed by atoms with Gasteiger partial charge in [0.25, 0.3) is 0 Å². The van der Waals surface area contributed by atoms with Gasteiger partial charge in [-0.05, 0) is 39.0 Å². The Bertz CT molecular complexity index is 560. The zero-order valence-corrected chi connectivity index (χ0v) is 10.5. The molecule has 0 bridgehead atoms. The van der Waals surface area contributed by atoms with Crippen molar-refractivity contribution in [3.05, 3.63) is 32.7 Å². The van der Waals surface area contributed by atoms with E-state index in [0.717, 1.165) is 15.5 Å². The van der Waals surface area contributed by atoms with Gasteiger partial charge in [0.05, 0.1) is 11.0 Å². The fraction of sp³-hybridized carbons (Fsp3) is 0.364. The maximum absolute atomic E-state index is 11.2. The van der Waals surface area contributed by atoms with Crippen molar-refractivity contribution in [2.24, 2.45) is 0 Å². The van der Waals surface area contributed by atoms with Gasteiger partial charge in [-0.3, -0.25) is 0 Å². The minimum atomic E-state index is -0.170. The first-order chi connectivity index (χ1) is 6.88. The number of benzene rings is 1. The molecular weight excluding hydrogens is 256 g/mol. The first-order valence-electron chi connectivity index (χ1n) is 4.80. The average molecular weight is 269 g/mol. The number of fused-ring (bicyclic) bond motifs is 1. The van der Waals surface area contributed by atoms with E-state index in [2.05, 4.69) is 46.7 Å². The highest BCUT2D eigenvalue weighted by molar-refractivity contribution is 9.10. The Morgan fingerprint density at radius 2 is 1.87 bits per heavy atom. The van der Waals surface area contributed by atoms with E-state index in [1.807, 2.05) is 12.1 Å². The molecule has 0 aliphatic heterocycles. The standard InChI is InChI=1S/C11H13BrN2O/c1-11(2,3)6-4-7(12)9-8(5-6)13-10(15)14-9/h4-5H,1-3H3,(H2,13,14,15). The van der Waals surface area contributed by atoms with E-state index < -0.39 is 0 Å². The highest BCUT2D eigenvalue weighted by atomic mass is 79.9. The molecule has 1 aromatic carbocycles. The van der Waals surface area contributed by atoms with Gasteiger partial charge in [-0.15, -0.1) is 0 Å². The molecular formula is C11H13BrN2O. The number of imidazole rings is 1. The first-order valence-corrected chi connectivity index (χ1v) is 5.59. The van der Waals surface area contributed by atoms with E-state index >= 15 is 0 Å². The topological polar surface area (TPSA) is 48.6 Å². The van der Waals surface area contributed by atoms with Crippen LogP contribution in [0.25, 0.3) is 11.0 Å². The lowest BCUT2D eigenvalue weighted by molar-refractivity contribution is 0.590. The average Bonchev–Trinajstić information content (AvgIpc) is 2.44.